The summed E-state index contributed by atoms with van der Waals surface area (Å²) in [5.41, 5.74) is -0.489. The van der Waals surface area contributed by atoms with Gasteiger partial charge in [0.25, 0.3) is 0 Å². The molecule has 4 nitrogen and oxygen atoms in total. The second kappa shape index (κ2) is 4.18. The molecule has 0 aromatic carbocycles. The number of aliphatic hydroxyl groups is 2. The fourth-order valence-corrected chi connectivity index (χ4v) is 1.44. The summed E-state index contributed by atoms with van der Waals surface area (Å²) in [6.07, 6.45) is 0. The Labute approximate surface area is 72.7 Å². The van der Waals surface area contributed by atoms with Crippen LogP contribution in [0.3, 0.4) is 0 Å². The molecule has 1 rings (SSSR count). The number of hydrogen-bond acceptors (Lipinski definition) is 4. The van der Waals surface area contributed by atoms with E-state index in [4.69, 9.17) is 9.84 Å². The maximum absolute atomic E-state index is 9.36. The van der Waals surface area contributed by atoms with E-state index in [0.717, 1.165) is 19.6 Å². The quantitative estimate of drug-likeness (QED) is 0.530. The Kier molecular flexibility index (Phi) is 3.46. The van der Waals surface area contributed by atoms with Crippen molar-refractivity contribution in [3.8, 4) is 0 Å². The summed E-state index contributed by atoms with van der Waals surface area (Å²) < 4.78 is 5.08. The van der Waals surface area contributed by atoms with Crippen molar-refractivity contribution in [2.75, 3.05) is 39.5 Å². The van der Waals surface area contributed by atoms with Crippen molar-refractivity contribution < 1.29 is 14.9 Å². The van der Waals surface area contributed by atoms with Gasteiger partial charge in [-0.05, 0) is 6.92 Å². The molecule has 0 aromatic heterocycles. The Morgan fingerprint density at radius 3 is 2.58 bits per heavy atom. The van der Waals surface area contributed by atoms with Crippen LogP contribution in [0, 0.1) is 0 Å². The van der Waals surface area contributed by atoms with Crippen LogP contribution in [0.5, 0.6) is 0 Å². The lowest BCUT2D eigenvalue weighted by molar-refractivity contribution is -0.0907. The lowest BCUT2D eigenvalue weighted by Gasteiger charge is -2.44. The average molecular weight is 175 g/mol. The van der Waals surface area contributed by atoms with Crippen LogP contribution in [0.4, 0.5) is 0 Å². The SMILES string of the molecule is CC1(O)CN(CCOCCO)C1. The topological polar surface area (TPSA) is 52.9 Å². The summed E-state index contributed by atoms with van der Waals surface area (Å²) in [6, 6.07) is 0. The minimum atomic E-state index is -0.489. The van der Waals surface area contributed by atoms with Gasteiger partial charge in [-0.25, -0.2) is 0 Å². The van der Waals surface area contributed by atoms with Crippen molar-refractivity contribution in [3.63, 3.8) is 0 Å². The van der Waals surface area contributed by atoms with Gasteiger partial charge in [0.2, 0.25) is 0 Å². The molecule has 0 atom stereocenters. The number of likely N-dealkylation sites (tertiary alicyclic amines) is 1. The molecule has 2 N–H and O–H groups in total. The van der Waals surface area contributed by atoms with Crippen LogP contribution in [-0.4, -0.2) is 60.2 Å². The Morgan fingerprint density at radius 2 is 2.08 bits per heavy atom. The predicted molar refractivity (Wildman–Crippen MR) is 45.0 cm³/mol. The number of rotatable bonds is 5. The first-order chi connectivity index (χ1) is 5.64. The minimum Gasteiger partial charge on any atom is -0.394 e. The van der Waals surface area contributed by atoms with Gasteiger partial charge in [-0.2, -0.15) is 0 Å². The van der Waals surface area contributed by atoms with Gasteiger partial charge in [-0.15, -0.1) is 0 Å². The van der Waals surface area contributed by atoms with E-state index in [1.807, 2.05) is 6.92 Å². The zero-order valence-corrected chi connectivity index (χ0v) is 7.49. The number of β-amino-alcohol motifs (C(OH)–C–C–N with tert-alkyl or cyclic N) is 1. The third-order valence-corrected chi connectivity index (χ3v) is 1.92. The highest BCUT2D eigenvalue weighted by molar-refractivity contribution is 4.90. The fraction of sp³-hybridized carbons (Fsp3) is 1.00. The third-order valence-electron chi connectivity index (χ3n) is 1.92. The summed E-state index contributed by atoms with van der Waals surface area (Å²) in [7, 11) is 0. The molecule has 0 bridgehead atoms. The van der Waals surface area contributed by atoms with Crippen molar-refractivity contribution in [1.82, 2.24) is 4.90 Å². The largest absolute Gasteiger partial charge is 0.394 e. The fourth-order valence-electron chi connectivity index (χ4n) is 1.44. The molecule has 0 aliphatic carbocycles. The van der Waals surface area contributed by atoms with Crippen LogP contribution in [0.1, 0.15) is 6.92 Å². The van der Waals surface area contributed by atoms with Gasteiger partial charge < -0.3 is 14.9 Å². The molecule has 1 heterocycles. The number of nitrogens with zero attached hydrogens (tertiary/aromatic N) is 1. The van der Waals surface area contributed by atoms with E-state index < -0.39 is 5.60 Å². The van der Waals surface area contributed by atoms with Gasteiger partial charge in [0, 0.05) is 19.6 Å². The highest BCUT2D eigenvalue weighted by atomic mass is 16.5. The minimum absolute atomic E-state index is 0.0811. The maximum Gasteiger partial charge on any atom is 0.0872 e. The molecule has 1 saturated heterocycles. The molecule has 12 heavy (non-hydrogen) atoms. The standard InChI is InChI=1S/C8H17NO3/c1-8(11)6-9(7-8)2-4-12-5-3-10/h10-11H,2-7H2,1H3. The molecule has 1 fully saturated rings. The summed E-state index contributed by atoms with van der Waals surface area (Å²) in [5.74, 6) is 0. The summed E-state index contributed by atoms with van der Waals surface area (Å²) in [6.45, 7) is 5.26. The Bertz CT molecular complexity index is 130. The molecule has 4 heteroatoms. The zero-order chi connectivity index (χ0) is 9.03. The molecule has 1 aliphatic rings. The highest BCUT2D eigenvalue weighted by Crippen LogP contribution is 2.18. The van der Waals surface area contributed by atoms with Crippen molar-refractivity contribution >= 4 is 0 Å². The predicted octanol–water partition coefficient (Wildman–Crippen LogP) is -0.938. The van der Waals surface area contributed by atoms with E-state index in [0.29, 0.717) is 13.2 Å². The van der Waals surface area contributed by atoms with Gasteiger partial charge in [0.15, 0.2) is 0 Å². The van der Waals surface area contributed by atoms with Crippen molar-refractivity contribution in [2.24, 2.45) is 0 Å². The van der Waals surface area contributed by atoms with E-state index in [2.05, 4.69) is 4.90 Å². The van der Waals surface area contributed by atoms with E-state index in [1.165, 1.54) is 0 Å². The molecule has 0 radical (unpaired) electrons. The van der Waals surface area contributed by atoms with E-state index in [-0.39, 0.29) is 6.61 Å². The highest BCUT2D eigenvalue weighted by Gasteiger charge is 2.35. The lowest BCUT2D eigenvalue weighted by Crippen LogP contribution is -2.60. The molecule has 1 aliphatic heterocycles. The molecule has 0 aromatic rings. The second-order valence-electron chi connectivity index (χ2n) is 3.54. The zero-order valence-electron chi connectivity index (χ0n) is 7.49. The van der Waals surface area contributed by atoms with Crippen LogP contribution in [0.25, 0.3) is 0 Å². The van der Waals surface area contributed by atoms with Crippen molar-refractivity contribution in [2.45, 2.75) is 12.5 Å². The third kappa shape index (κ3) is 3.06. The van der Waals surface area contributed by atoms with Crippen LogP contribution in [-0.2, 0) is 4.74 Å². The Morgan fingerprint density at radius 1 is 1.42 bits per heavy atom. The van der Waals surface area contributed by atoms with Gasteiger partial charge in [0.1, 0.15) is 0 Å². The molecule has 72 valence electrons. The Hall–Kier alpha value is -0.160. The average Bonchev–Trinajstić information content (AvgIpc) is 1.94. The van der Waals surface area contributed by atoms with E-state index in [9.17, 15) is 5.11 Å². The van der Waals surface area contributed by atoms with Crippen molar-refractivity contribution in [1.29, 1.82) is 0 Å². The summed E-state index contributed by atoms with van der Waals surface area (Å²) >= 11 is 0. The molecular weight excluding hydrogens is 158 g/mol. The van der Waals surface area contributed by atoms with E-state index in [1.54, 1.807) is 0 Å². The van der Waals surface area contributed by atoms with Crippen LogP contribution < -0.4 is 0 Å². The number of aliphatic hydroxyl groups excluding tert-OH is 1. The molecule has 0 unspecified atom stereocenters. The summed E-state index contributed by atoms with van der Waals surface area (Å²) in [4.78, 5) is 2.12. The lowest BCUT2D eigenvalue weighted by atomic mass is 9.97. The Balaban J connectivity index is 1.90. The van der Waals surface area contributed by atoms with Crippen LogP contribution in [0.15, 0.2) is 0 Å². The number of ether oxygens (including phenoxy) is 1. The van der Waals surface area contributed by atoms with Gasteiger partial charge in [-0.3, -0.25) is 4.90 Å². The summed E-state index contributed by atoms with van der Waals surface area (Å²) in [5, 5.41) is 17.8. The molecule has 0 amide bonds. The normalized spacial score (nSPS) is 22.2. The van der Waals surface area contributed by atoms with Crippen LogP contribution >= 0.6 is 0 Å². The first-order valence-electron chi connectivity index (χ1n) is 4.27. The second-order valence-corrected chi connectivity index (χ2v) is 3.54. The number of hydrogen-bond donors (Lipinski definition) is 2. The van der Waals surface area contributed by atoms with Gasteiger partial charge in [0.05, 0.1) is 25.4 Å². The van der Waals surface area contributed by atoms with Gasteiger partial charge in [-0.1, -0.05) is 0 Å². The molecule has 0 saturated carbocycles. The monoisotopic (exact) mass is 175 g/mol. The first kappa shape index (κ1) is 9.92. The molecule has 0 spiro atoms. The molecular formula is C8H17NO3. The van der Waals surface area contributed by atoms with E-state index >= 15 is 0 Å². The van der Waals surface area contributed by atoms with Gasteiger partial charge >= 0.3 is 0 Å². The first-order valence-corrected chi connectivity index (χ1v) is 4.27. The van der Waals surface area contributed by atoms with Crippen LogP contribution in [0.2, 0.25) is 0 Å². The maximum atomic E-state index is 9.36. The smallest absolute Gasteiger partial charge is 0.0872 e. The van der Waals surface area contributed by atoms with Crippen molar-refractivity contribution in [3.05, 3.63) is 0 Å².